The molecule has 0 saturated heterocycles. The van der Waals surface area contributed by atoms with Crippen LogP contribution in [0.15, 0.2) is 42.5 Å². The molecule has 8 nitrogen and oxygen atoms in total. The summed E-state index contributed by atoms with van der Waals surface area (Å²) in [4.78, 5) is 22.3. The Bertz CT molecular complexity index is 892. The van der Waals surface area contributed by atoms with Crippen LogP contribution in [0.2, 0.25) is 0 Å². The highest BCUT2D eigenvalue weighted by Crippen LogP contribution is 2.25. The van der Waals surface area contributed by atoms with Gasteiger partial charge in [-0.3, -0.25) is 15.4 Å². The molecule has 1 amide bonds. The summed E-state index contributed by atoms with van der Waals surface area (Å²) in [5.74, 6) is -0.768. The molecule has 110 valence electrons. The van der Waals surface area contributed by atoms with Crippen molar-refractivity contribution in [3.63, 3.8) is 0 Å². The first-order valence-corrected chi connectivity index (χ1v) is 6.12. The van der Waals surface area contributed by atoms with Gasteiger partial charge in [0.25, 0.3) is 5.69 Å². The number of amides is 1. The van der Waals surface area contributed by atoms with Gasteiger partial charge in [0.2, 0.25) is 0 Å². The van der Waals surface area contributed by atoms with Gasteiger partial charge in [-0.1, -0.05) is 17.3 Å². The van der Waals surface area contributed by atoms with Gasteiger partial charge in [-0.15, -0.1) is 5.10 Å². The van der Waals surface area contributed by atoms with Crippen molar-refractivity contribution in [3.05, 3.63) is 58.4 Å². The molecule has 22 heavy (non-hydrogen) atoms. The average Bonchev–Trinajstić information content (AvgIpc) is 2.93. The van der Waals surface area contributed by atoms with Gasteiger partial charge in [0, 0.05) is 0 Å². The number of rotatable bonds is 2. The van der Waals surface area contributed by atoms with Crippen molar-refractivity contribution in [1.29, 1.82) is 0 Å². The Balaban J connectivity index is 1.97. The number of aromatic nitrogens is 3. The Morgan fingerprint density at radius 3 is 2.82 bits per heavy atom. The van der Waals surface area contributed by atoms with Crippen molar-refractivity contribution in [1.82, 2.24) is 15.0 Å². The maximum absolute atomic E-state index is 13.1. The van der Waals surface area contributed by atoms with Crippen LogP contribution in [0.25, 0.3) is 11.0 Å². The summed E-state index contributed by atoms with van der Waals surface area (Å²) in [5, 5.41) is 20.7. The number of anilines is 1. The first kappa shape index (κ1) is 13.6. The van der Waals surface area contributed by atoms with E-state index in [1.54, 1.807) is 24.3 Å². The molecular weight excluding hydrogens is 293 g/mol. The van der Waals surface area contributed by atoms with E-state index in [2.05, 4.69) is 15.6 Å². The van der Waals surface area contributed by atoms with Gasteiger partial charge < -0.3 is 0 Å². The van der Waals surface area contributed by atoms with Gasteiger partial charge in [-0.25, -0.2) is 9.18 Å². The van der Waals surface area contributed by atoms with Crippen LogP contribution in [0.5, 0.6) is 0 Å². The van der Waals surface area contributed by atoms with Gasteiger partial charge in [0.1, 0.15) is 17.0 Å². The number of benzene rings is 2. The second-order valence-corrected chi connectivity index (χ2v) is 4.34. The van der Waals surface area contributed by atoms with Crippen LogP contribution in [0, 0.1) is 15.9 Å². The van der Waals surface area contributed by atoms with Crippen molar-refractivity contribution in [2.24, 2.45) is 0 Å². The first-order chi connectivity index (χ1) is 10.6. The highest BCUT2D eigenvalue weighted by Gasteiger charge is 2.19. The zero-order valence-corrected chi connectivity index (χ0v) is 10.9. The number of carbonyl (C=O) groups excluding carboxylic acids is 1. The summed E-state index contributed by atoms with van der Waals surface area (Å²) in [7, 11) is 0. The highest BCUT2D eigenvalue weighted by molar-refractivity contribution is 5.97. The Morgan fingerprint density at radius 2 is 2.05 bits per heavy atom. The quantitative estimate of drug-likeness (QED) is 0.578. The van der Waals surface area contributed by atoms with Gasteiger partial charge in [-0.05, 0) is 24.3 Å². The standard InChI is InChI=1S/C13H8FN5O3/c14-8-5-6-9(12(7-8)19(21)22)15-13(20)18-11-4-2-1-3-10(11)16-17-18/h1-7H,(H,15,20). The molecule has 0 aliphatic rings. The molecular formula is C13H8FN5O3. The van der Waals surface area contributed by atoms with E-state index in [9.17, 15) is 19.3 Å². The predicted octanol–water partition coefficient (Wildman–Crippen LogP) is 2.56. The van der Waals surface area contributed by atoms with Gasteiger partial charge in [0.05, 0.1) is 16.5 Å². The largest absolute Gasteiger partial charge is 0.348 e. The van der Waals surface area contributed by atoms with Gasteiger partial charge in [0.15, 0.2) is 0 Å². The summed E-state index contributed by atoms with van der Waals surface area (Å²) in [6, 6.07) is 8.88. The molecule has 0 aliphatic carbocycles. The van der Waals surface area contributed by atoms with Crippen molar-refractivity contribution >= 4 is 28.4 Å². The number of nitrogens with zero attached hydrogens (tertiary/aromatic N) is 4. The monoisotopic (exact) mass is 301 g/mol. The van der Waals surface area contributed by atoms with E-state index in [-0.39, 0.29) is 5.69 Å². The number of hydrogen-bond donors (Lipinski definition) is 1. The smallest absolute Gasteiger partial charge is 0.300 e. The lowest BCUT2D eigenvalue weighted by Crippen LogP contribution is -2.21. The molecule has 0 atom stereocenters. The van der Waals surface area contributed by atoms with E-state index in [0.717, 1.165) is 22.9 Å². The lowest BCUT2D eigenvalue weighted by molar-refractivity contribution is -0.384. The second-order valence-electron chi connectivity index (χ2n) is 4.34. The third-order valence-corrected chi connectivity index (χ3v) is 2.94. The van der Waals surface area contributed by atoms with E-state index in [1.807, 2.05) is 0 Å². The lowest BCUT2D eigenvalue weighted by Gasteiger charge is -2.06. The summed E-state index contributed by atoms with van der Waals surface area (Å²) in [5.41, 5.74) is 0.282. The van der Waals surface area contributed by atoms with Crippen LogP contribution in [0.1, 0.15) is 0 Å². The molecule has 1 aromatic heterocycles. The molecule has 0 aliphatic heterocycles. The topological polar surface area (TPSA) is 103 Å². The van der Waals surface area contributed by atoms with Crippen molar-refractivity contribution in [3.8, 4) is 0 Å². The number of para-hydroxylation sites is 1. The average molecular weight is 301 g/mol. The third kappa shape index (κ3) is 2.35. The molecule has 9 heteroatoms. The number of nitro benzene ring substituents is 1. The van der Waals surface area contributed by atoms with E-state index in [4.69, 9.17) is 0 Å². The molecule has 0 fully saturated rings. The lowest BCUT2D eigenvalue weighted by atomic mass is 10.2. The number of nitrogens with one attached hydrogen (secondary N) is 1. The van der Waals surface area contributed by atoms with E-state index >= 15 is 0 Å². The highest BCUT2D eigenvalue weighted by atomic mass is 19.1. The van der Waals surface area contributed by atoms with Crippen LogP contribution in [0.3, 0.4) is 0 Å². The van der Waals surface area contributed by atoms with Gasteiger partial charge in [-0.2, -0.15) is 4.68 Å². The Kier molecular flexibility index (Phi) is 3.22. The number of carbonyl (C=O) groups is 1. The summed E-state index contributed by atoms with van der Waals surface area (Å²) in [6.45, 7) is 0. The summed E-state index contributed by atoms with van der Waals surface area (Å²) in [6.07, 6.45) is 0. The number of nitro groups is 1. The van der Waals surface area contributed by atoms with E-state index < -0.39 is 22.5 Å². The minimum absolute atomic E-state index is 0.129. The normalized spacial score (nSPS) is 10.6. The van der Waals surface area contributed by atoms with Crippen molar-refractivity contribution < 1.29 is 14.1 Å². The van der Waals surface area contributed by atoms with Crippen molar-refractivity contribution in [2.75, 3.05) is 5.32 Å². The Morgan fingerprint density at radius 1 is 1.27 bits per heavy atom. The van der Waals surface area contributed by atoms with Gasteiger partial charge >= 0.3 is 6.03 Å². The third-order valence-electron chi connectivity index (χ3n) is 2.94. The SMILES string of the molecule is O=C(Nc1ccc(F)cc1[N+](=O)[O-])n1nnc2ccccc21. The van der Waals surface area contributed by atoms with E-state index in [1.165, 1.54) is 0 Å². The molecule has 2 aromatic carbocycles. The van der Waals surface area contributed by atoms with Crippen LogP contribution in [-0.4, -0.2) is 25.9 Å². The summed E-state index contributed by atoms with van der Waals surface area (Å²) < 4.78 is 14.1. The number of halogens is 1. The number of hydrogen-bond acceptors (Lipinski definition) is 5. The molecule has 1 heterocycles. The fourth-order valence-electron chi connectivity index (χ4n) is 1.95. The fraction of sp³-hybridized carbons (Fsp3) is 0. The number of fused-ring (bicyclic) bond motifs is 1. The Hall–Kier alpha value is -3.36. The zero-order chi connectivity index (χ0) is 15.7. The predicted molar refractivity (Wildman–Crippen MR) is 75.0 cm³/mol. The van der Waals surface area contributed by atoms with Crippen LogP contribution >= 0.6 is 0 Å². The van der Waals surface area contributed by atoms with Crippen LogP contribution in [0.4, 0.5) is 20.6 Å². The fourth-order valence-corrected chi connectivity index (χ4v) is 1.95. The maximum atomic E-state index is 13.1. The Labute approximate surface area is 122 Å². The van der Waals surface area contributed by atoms with E-state index in [0.29, 0.717) is 11.0 Å². The molecule has 0 radical (unpaired) electrons. The maximum Gasteiger partial charge on any atom is 0.348 e. The molecule has 3 aromatic rings. The zero-order valence-electron chi connectivity index (χ0n) is 10.9. The second kappa shape index (κ2) is 5.20. The molecule has 0 spiro atoms. The van der Waals surface area contributed by atoms with Crippen molar-refractivity contribution in [2.45, 2.75) is 0 Å². The molecule has 0 bridgehead atoms. The van der Waals surface area contributed by atoms with Crippen LogP contribution in [-0.2, 0) is 0 Å². The molecule has 3 rings (SSSR count). The first-order valence-electron chi connectivity index (χ1n) is 6.12. The molecule has 0 saturated carbocycles. The minimum Gasteiger partial charge on any atom is -0.300 e. The molecule has 0 unspecified atom stereocenters. The minimum atomic E-state index is -0.780. The van der Waals surface area contributed by atoms with Crippen LogP contribution < -0.4 is 5.32 Å². The molecule has 1 N–H and O–H groups in total. The summed E-state index contributed by atoms with van der Waals surface area (Å²) >= 11 is 0.